The largest absolute Gasteiger partial charge is 0.409 e. The van der Waals surface area contributed by atoms with Gasteiger partial charge in [-0.15, -0.1) is 0 Å². The molecule has 86 valence electrons. The highest BCUT2D eigenvalue weighted by molar-refractivity contribution is 5.09. The lowest BCUT2D eigenvalue weighted by Crippen LogP contribution is -2.33. The van der Waals surface area contributed by atoms with Crippen LogP contribution >= 0.6 is 0 Å². The first kappa shape index (κ1) is 12.0. The van der Waals surface area contributed by atoms with Gasteiger partial charge in [-0.2, -0.15) is 18.3 Å². The summed E-state index contributed by atoms with van der Waals surface area (Å²) < 4.78 is 39.2. The van der Waals surface area contributed by atoms with Gasteiger partial charge < -0.3 is 5.32 Å². The Morgan fingerprint density at radius 3 is 2.67 bits per heavy atom. The molecule has 0 bridgehead atoms. The van der Waals surface area contributed by atoms with Crippen molar-refractivity contribution in [1.82, 2.24) is 15.1 Å². The van der Waals surface area contributed by atoms with Crippen LogP contribution in [0.2, 0.25) is 0 Å². The van der Waals surface area contributed by atoms with Crippen LogP contribution in [0.5, 0.6) is 0 Å². The molecule has 0 aliphatic rings. The van der Waals surface area contributed by atoms with Crippen LogP contribution in [-0.2, 0) is 6.54 Å². The minimum atomic E-state index is -4.29. The zero-order chi connectivity index (χ0) is 11.5. The van der Waals surface area contributed by atoms with Crippen LogP contribution < -0.4 is 5.32 Å². The molecule has 0 aliphatic heterocycles. The molecule has 0 amide bonds. The Bertz CT molecular complexity index is 306. The molecule has 0 saturated carbocycles. The second kappa shape index (κ2) is 4.65. The van der Waals surface area contributed by atoms with E-state index in [2.05, 4.69) is 10.4 Å². The fourth-order valence-electron chi connectivity index (χ4n) is 1.47. The average molecular weight is 221 g/mol. The zero-order valence-corrected chi connectivity index (χ0v) is 8.67. The van der Waals surface area contributed by atoms with E-state index in [4.69, 9.17) is 0 Å². The Hall–Kier alpha value is -1.04. The Balaban J connectivity index is 2.96. The maximum absolute atomic E-state index is 12.6. The van der Waals surface area contributed by atoms with Crippen molar-refractivity contribution in [1.29, 1.82) is 0 Å². The summed E-state index contributed by atoms with van der Waals surface area (Å²) in [5.41, 5.74) is 0.159. The van der Waals surface area contributed by atoms with Gasteiger partial charge in [0.1, 0.15) is 6.04 Å². The van der Waals surface area contributed by atoms with Gasteiger partial charge in [0.2, 0.25) is 0 Å². The van der Waals surface area contributed by atoms with Crippen molar-refractivity contribution in [3.05, 3.63) is 18.0 Å². The Kier molecular flexibility index (Phi) is 3.73. The number of hydrogen-bond acceptors (Lipinski definition) is 2. The second-order valence-electron chi connectivity index (χ2n) is 3.24. The first-order valence-corrected chi connectivity index (χ1v) is 4.76. The van der Waals surface area contributed by atoms with Crippen molar-refractivity contribution >= 4 is 0 Å². The van der Waals surface area contributed by atoms with E-state index < -0.39 is 12.2 Å². The molecule has 0 aliphatic carbocycles. The molecule has 0 aromatic carbocycles. The summed E-state index contributed by atoms with van der Waals surface area (Å²) in [7, 11) is 1.29. The Labute approximate surface area is 86.3 Å². The number of aromatic nitrogens is 2. The van der Waals surface area contributed by atoms with Gasteiger partial charge in [0.25, 0.3) is 0 Å². The fourth-order valence-corrected chi connectivity index (χ4v) is 1.47. The van der Waals surface area contributed by atoms with Crippen molar-refractivity contribution in [3.63, 3.8) is 0 Å². The predicted molar refractivity (Wildman–Crippen MR) is 50.4 cm³/mol. The maximum Gasteiger partial charge on any atom is 0.409 e. The lowest BCUT2D eigenvalue weighted by molar-refractivity contribution is -0.157. The standard InChI is InChI=1S/C9H14F3N3/c1-3-6-15-7(4-5-14-15)8(13-2)9(10,11)12/h4-5,8,13H,3,6H2,1-2H3. The Morgan fingerprint density at radius 2 is 2.20 bits per heavy atom. The molecule has 1 atom stereocenters. The monoisotopic (exact) mass is 221 g/mol. The van der Waals surface area contributed by atoms with E-state index >= 15 is 0 Å². The highest BCUT2D eigenvalue weighted by atomic mass is 19.4. The lowest BCUT2D eigenvalue weighted by atomic mass is 10.2. The highest BCUT2D eigenvalue weighted by Crippen LogP contribution is 2.31. The third-order valence-electron chi connectivity index (χ3n) is 2.10. The van der Waals surface area contributed by atoms with Crippen LogP contribution in [-0.4, -0.2) is 23.0 Å². The van der Waals surface area contributed by atoms with Crippen molar-refractivity contribution in [2.24, 2.45) is 0 Å². The molecule has 1 aromatic rings. The quantitative estimate of drug-likeness (QED) is 0.844. The molecule has 0 spiro atoms. The zero-order valence-electron chi connectivity index (χ0n) is 8.67. The van der Waals surface area contributed by atoms with E-state index in [1.807, 2.05) is 6.92 Å². The summed E-state index contributed by atoms with van der Waals surface area (Å²) in [4.78, 5) is 0. The molecule has 15 heavy (non-hydrogen) atoms. The molecule has 0 fully saturated rings. The van der Waals surface area contributed by atoms with Gasteiger partial charge in [0.15, 0.2) is 0 Å². The number of alkyl halides is 3. The number of rotatable bonds is 4. The summed E-state index contributed by atoms with van der Waals surface area (Å²) in [5.74, 6) is 0. The summed E-state index contributed by atoms with van der Waals surface area (Å²) in [6, 6.07) is -0.254. The van der Waals surface area contributed by atoms with Gasteiger partial charge in [-0.05, 0) is 19.5 Å². The average Bonchev–Trinajstić information content (AvgIpc) is 2.53. The van der Waals surface area contributed by atoms with Crippen LogP contribution in [0.3, 0.4) is 0 Å². The first-order chi connectivity index (χ1) is 7.00. The minimum absolute atomic E-state index is 0.159. The fraction of sp³-hybridized carbons (Fsp3) is 0.667. The van der Waals surface area contributed by atoms with Gasteiger partial charge in [-0.3, -0.25) is 4.68 Å². The van der Waals surface area contributed by atoms with Gasteiger partial charge in [-0.1, -0.05) is 6.92 Å². The molecule has 1 rings (SSSR count). The SMILES string of the molecule is CCCn1nccc1C(NC)C(F)(F)F. The van der Waals surface area contributed by atoms with E-state index in [1.54, 1.807) is 0 Å². The summed E-state index contributed by atoms with van der Waals surface area (Å²) in [5, 5.41) is 6.12. The minimum Gasteiger partial charge on any atom is -0.304 e. The van der Waals surface area contributed by atoms with Crippen LogP contribution in [0.15, 0.2) is 12.3 Å². The number of aryl methyl sites for hydroxylation is 1. The van der Waals surface area contributed by atoms with Gasteiger partial charge in [0, 0.05) is 12.7 Å². The van der Waals surface area contributed by atoms with Crippen molar-refractivity contribution in [2.45, 2.75) is 32.1 Å². The van der Waals surface area contributed by atoms with Gasteiger partial charge in [0.05, 0.1) is 5.69 Å². The summed E-state index contributed by atoms with van der Waals surface area (Å²) in [6.07, 6.45) is -2.15. The number of nitrogens with zero attached hydrogens (tertiary/aromatic N) is 2. The predicted octanol–water partition coefficient (Wildman–Crippen LogP) is 2.12. The molecular formula is C9H14F3N3. The van der Waals surface area contributed by atoms with Crippen molar-refractivity contribution < 1.29 is 13.2 Å². The van der Waals surface area contributed by atoms with Crippen molar-refractivity contribution in [2.75, 3.05) is 7.05 Å². The van der Waals surface area contributed by atoms with E-state index in [0.29, 0.717) is 6.54 Å². The lowest BCUT2D eigenvalue weighted by Gasteiger charge is -2.20. The first-order valence-electron chi connectivity index (χ1n) is 4.76. The van der Waals surface area contributed by atoms with E-state index in [-0.39, 0.29) is 5.69 Å². The van der Waals surface area contributed by atoms with Crippen LogP contribution in [0.1, 0.15) is 25.1 Å². The number of hydrogen-bond donors (Lipinski definition) is 1. The number of nitrogens with one attached hydrogen (secondary N) is 1. The highest BCUT2D eigenvalue weighted by Gasteiger charge is 2.41. The molecule has 1 N–H and O–H groups in total. The molecule has 0 radical (unpaired) electrons. The molecule has 0 saturated heterocycles. The van der Waals surface area contributed by atoms with Gasteiger partial charge in [-0.25, -0.2) is 0 Å². The topological polar surface area (TPSA) is 29.9 Å². The second-order valence-corrected chi connectivity index (χ2v) is 3.24. The van der Waals surface area contributed by atoms with Crippen LogP contribution in [0, 0.1) is 0 Å². The third kappa shape index (κ3) is 2.71. The van der Waals surface area contributed by atoms with E-state index in [0.717, 1.165) is 6.42 Å². The molecule has 3 nitrogen and oxygen atoms in total. The molecule has 1 unspecified atom stereocenters. The molecule has 6 heteroatoms. The summed E-state index contributed by atoms with van der Waals surface area (Å²) in [6.45, 7) is 2.39. The number of halogens is 3. The van der Waals surface area contributed by atoms with Crippen molar-refractivity contribution in [3.8, 4) is 0 Å². The normalized spacial score (nSPS) is 14.2. The van der Waals surface area contributed by atoms with E-state index in [9.17, 15) is 13.2 Å². The molecular weight excluding hydrogens is 207 g/mol. The smallest absolute Gasteiger partial charge is 0.304 e. The Morgan fingerprint density at radius 1 is 1.53 bits per heavy atom. The van der Waals surface area contributed by atoms with Gasteiger partial charge >= 0.3 is 6.18 Å². The van der Waals surface area contributed by atoms with E-state index in [1.165, 1.54) is 24.0 Å². The maximum atomic E-state index is 12.6. The summed E-state index contributed by atoms with van der Waals surface area (Å²) >= 11 is 0. The molecule has 1 heterocycles. The third-order valence-corrected chi connectivity index (χ3v) is 2.10. The van der Waals surface area contributed by atoms with Crippen LogP contribution in [0.25, 0.3) is 0 Å². The van der Waals surface area contributed by atoms with Crippen LogP contribution in [0.4, 0.5) is 13.2 Å². The molecule has 1 aromatic heterocycles.